The minimum atomic E-state index is -3.85. The molecule has 1 aliphatic heterocycles. The van der Waals surface area contributed by atoms with Crippen molar-refractivity contribution in [1.82, 2.24) is 9.21 Å². The van der Waals surface area contributed by atoms with E-state index in [1.165, 1.54) is 19.2 Å². The first-order valence-corrected chi connectivity index (χ1v) is 12.3. The van der Waals surface area contributed by atoms with Crippen LogP contribution in [0.4, 0.5) is 5.69 Å². The average Bonchev–Trinajstić information content (AvgIpc) is 2.75. The maximum atomic E-state index is 13.0. The summed E-state index contributed by atoms with van der Waals surface area (Å²) in [6.45, 7) is 4.68. The molecule has 0 aliphatic carbocycles. The number of aryl methyl sites for hydroxylation is 2. The fourth-order valence-electron chi connectivity index (χ4n) is 3.60. The Bertz CT molecular complexity index is 1130. The van der Waals surface area contributed by atoms with Gasteiger partial charge in [0.1, 0.15) is 0 Å². The molecule has 9 heteroatoms. The lowest BCUT2D eigenvalue weighted by atomic mass is 10.1. The van der Waals surface area contributed by atoms with E-state index in [0.717, 1.165) is 34.7 Å². The van der Waals surface area contributed by atoms with E-state index in [-0.39, 0.29) is 16.5 Å². The van der Waals surface area contributed by atoms with E-state index in [4.69, 9.17) is 11.6 Å². The number of hydrogen-bond acceptors (Lipinski definition) is 4. The largest absolute Gasteiger partial charge is 0.339 e. The lowest BCUT2D eigenvalue weighted by molar-refractivity contribution is -0.116. The molecule has 0 atom stereocenters. The van der Waals surface area contributed by atoms with Crippen molar-refractivity contribution in [3.8, 4) is 0 Å². The first kappa shape index (κ1) is 24.2. The molecule has 0 saturated carbocycles. The molecule has 1 aliphatic rings. The van der Waals surface area contributed by atoms with E-state index in [2.05, 4.69) is 5.32 Å². The minimum absolute atomic E-state index is 0.125. The Balaban J connectivity index is 1.76. The lowest BCUT2D eigenvalue weighted by Crippen LogP contribution is -2.37. The van der Waals surface area contributed by atoms with Gasteiger partial charge in [-0.2, -0.15) is 4.31 Å². The van der Waals surface area contributed by atoms with Gasteiger partial charge in [-0.05, 0) is 74.6 Å². The Hall–Kier alpha value is -2.42. The summed E-state index contributed by atoms with van der Waals surface area (Å²) in [6, 6.07) is 9.55. The maximum Gasteiger partial charge on any atom is 0.255 e. The number of hydrogen-bond donors (Lipinski definition) is 1. The highest BCUT2D eigenvalue weighted by molar-refractivity contribution is 7.89. The number of likely N-dealkylation sites (N-methyl/N-ethyl adjacent to an activating group) is 1. The summed E-state index contributed by atoms with van der Waals surface area (Å²) in [5.74, 6) is -0.734. The highest BCUT2D eigenvalue weighted by atomic mass is 35.5. The number of halogens is 1. The molecule has 0 spiro atoms. The van der Waals surface area contributed by atoms with Crippen molar-refractivity contribution in [2.24, 2.45) is 0 Å². The average molecular weight is 478 g/mol. The van der Waals surface area contributed by atoms with Crippen molar-refractivity contribution in [2.75, 3.05) is 32.0 Å². The fraction of sp³-hybridized carbons (Fsp3) is 0.391. The summed E-state index contributed by atoms with van der Waals surface area (Å²) in [5.41, 5.74) is 2.44. The Morgan fingerprint density at radius 2 is 1.72 bits per heavy atom. The normalized spacial score (nSPS) is 14.5. The van der Waals surface area contributed by atoms with Gasteiger partial charge in [-0.25, -0.2) is 8.42 Å². The van der Waals surface area contributed by atoms with Crippen LogP contribution in [0.1, 0.15) is 40.7 Å². The van der Waals surface area contributed by atoms with Gasteiger partial charge in [0.2, 0.25) is 15.9 Å². The van der Waals surface area contributed by atoms with Gasteiger partial charge < -0.3 is 10.2 Å². The highest BCUT2D eigenvalue weighted by Crippen LogP contribution is 2.24. The first-order valence-electron chi connectivity index (χ1n) is 10.5. The summed E-state index contributed by atoms with van der Waals surface area (Å²) in [7, 11) is -2.50. The second-order valence-corrected chi connectivity index (χ2v) is 10.6. The molecule has 172 valence electrons. The smallest absolute Gasteiger partial charge is 0.255 e. The number of likely N-dealkylation sites (tertiary alicyclic amines) is 1. The molecule has 2 aromatic rings. The number of anilines is 1. The van der Waals surface area contributed by atoms with Gasteiger partial charge in [0.25, 0.3) is 5.91 Å². The summed E-state index contributed by atoms with van der Waals surface area (Å²) >= 11 is 6.09. The number of benzene rings is 2. The Kier molecular flexibility index (Phi) is 7.59. The van der Waals surface area contributed by atoms with Crippen LogP contribution in [0.15, 0.2) is 41.3 Å². The van der Waals surface area contributed by atoms with E-state index in [1.54, 1.807) is 29.2 Å². The number of piperidine rings is 1. The standard InChI is InChI=1S/C23H28ClN3O4S/c1-16-7-9-19(13-17(16)2)32(30,31)26(3)15-22(28)25-21-14-18(24)8-10-20(21)23(29)27-11-5-4-6-12-27/h7-10,13-14H,4-6,11-12,15H2,1-3H3,(H,25,28). The SMILES string of the molecule is Cc1ccc(S(=O)(=O)N(C)CC(=O)Nc2cc(Cl)ccc2C(=O)N2CCCCC2)cc1C. The van der Waals surface area contributed by atoms with Crippen LogP contribution in [0.5, 0.6) is 0 Å². The predicted octanol–water partition coefficient (Wildman–Crippen LogP) is 3.84. The van der Waals surface area contributed by atoms with Crippen LogP contribution in [0.3, 0.4) is 0 Å². The molecule has 1 saturated heterocycles. The van der Waals surface area contributed by atoms with Crippen LogP contribution in [0.25, 0.3) is 0 Å². The second kappa shape index (κ2) is 10.0. The minimum Gasteiger partial charge on any atom is -0.339 e. The summed E-state index contributed by atoms with van der Waals surface area (Å²) in [5, 5.41) is 3.04. The van der Waals surface area contributed by atoms with Gasteiger partial charge in [0, 0.05) is 25.2 Å². The van der Waals surface area contributed by atoms with Crippen molar-refractivity contribution in [1.29, 1.82) is 0 Å². The van der Waals surface area contributed by atoms with Crippen LogP contribution in [-0.4, -0.2) is 56.1 Å². The van der Waals surface area contributed by atoms with Crippen molar-refractivity contribution in [3.63, 3.8) is 0 Å². The van der Waals surface area contributed by atoms with Crippen LogP contribution in [-0.2, 0) is 14.8 Å². The zero-order valence-electron chi connectivity index (χ0n) is 18.5. The van der Waals surface area contributed by atoms with Crippen molar-refractivity contribution in [2.45, 2.75) is 38.0 Å². The summed E-state index contributed by atoms with van der Waals surface area (Å²) in [6.07, 6.45) is 2.99. The van der Waals surface area contributed by atoms with E-state index >= 15 is 0 Å². The topological polar surface area (TPSA) is 86.8 Å². The number of carbonyl (C=O) groups excluding carboxylic acids is 2. The van der Waals surface area contributed by atoms with E-state index in [9.17, 15) is 18.0 Å². The highest BCUT2D eigenvalue weighted by Gasteiger charge is 2.25. The lowest BCUT2D eigenvalue weighted by Gasteiger charge is -2.27. The molecular formula is C23H28ClN3O4S. The Morgan fingerprint density at radius 3 is 2.38 bits per heavy atom. The zero-order chi connectivity index (χ0) is 23.5. The number of carbonyl (C=O) groups is 2. The molecule has 0 bridgehead atoms. The predicted molar refractivity (Wildman–Crippen MR) is 126 cm³/mol. The second-order valence-electron chi connectivity index (χ2n) is 8.10. The molecule has 1 N–H and O–H groups in total. The summed E-state index contributed by atoms with van der Waals surface area (Å²) < 4.78 is 26.8. The fourth-order valence-corrected chi connectivity index (χ4v) is 4.99. The van der Waals surface area contributed by atoms with Crippen LogP contribution < -0.4 is 5.32 Å². The number of nitrogens with zero attached hydrogens (tertiary/aromatic N) is 2. The van der Waals surface area contributed by atoms with E-state index < -0.39 is 22.5 Å². The number of amides is 2. The van der Waals surface area contributed by atoms with Crippen molar-refractivity contribution in [3.05, 3.63) is 58.1 Å². The molecule has 2 aromatic carbocycles. The molecule has 0 radical (unpaired) electrons. The van der Waals surface area contributed by atoms with Crippen LogP contribution in [0, 0.1) is 13.8 Å². The monoisotopic (exact) mass is 477 g/mol. The molecule has 3 rings (SSSR count). The van der Waals surface area contributed by atoms with Crippen LogP contribution >= 0.6 is 11.6 Å². The molecule has 0 aromatic heterocycles. The van der Waals surface area contributed by atoms with Gasteiger partial charge in [-0.15, -0.1) is 0 Å². The molecule has 7 nitrogen and oxygen atoms in total. The third-order valence-electron chi connectivity index (χ3n) is 5.68. The van der Waals surface area contributed by atoms with Gasteiger partial charge in [-0.1, -0.05) is 17.7 Å². The van der Waals surface area contributed by atoms with Gasteiger partial charge in [0.05, 0.1) is 22.7 Å². The maximum absolute atomic E-state index is 13.0. The van der Waals surface area contributed by atoms with Gasteiger partial charge in [-0.3, -0.25) is 9.59 Å². The molecule has 1 heterocycles. The van der Waals surface area contributed by atoms with Gasteiger partial charge >= 0.3 is 0 Å². The van der Waals surface area contributed by atoms with Crippen molar-refractivity contribution >= 4 is 39.1 Å². The molecule has 32 heavy (non-hydrogen) atoms. The van der Waals surface area contributed by atoms with E-state index in [1.807, 2.05) is 13.8 Å². The molecular weight excluding hydrogens is 450 g/mol. The van der Waals surface area contributed by atoms with Crippen molar-refractivity contribution < 1.29 is 18.0 Å². The molecule has 0 unspecified atom stereocenters. The Labute approximate surface area is 194 Å². The Morgan fingerprint density at radius 1 is 1.03 bits per heavy atom. The molecule has 1 fully saturated rings. The number of nitrogens with one attached hydrogen (secondary N) is 1. The third kappa shape index (κ3) is 5.49. The zero-order valence-corrected chi connectivity index (χ0v) is 20.1. The third-order valence-corrected chi connectivity index (χ3v) is 7.72. The number of rotatable bonds is 6. The summed E-state index contributed by atoms with van der Waals surface area (Å²) in [4.78, 5) is 27.6. The first-order chi connectivity index (χ1) is 15.1. The van der Waals surface area contributed by atoms with E-state index in [0.29, 0.717) is 23.7 Å². The molecule has 2 amide bonds. The van der Waals surface area contributed by atoms with Crippen LogP contribution in [0.2, 0.25) is 5.02 Å². The quantitative estimate of drug-likeness (QED) is 0.684. The number of sulfonamides is 1. The van der Waals surface area contributed by atoms with Gasteiger partial charge in [0.15, 0.2) is 0 Å².